The molecule has 4 aromatic rings. The molecule has 0 saturated carbocycles. The molecule has 2 saturated heterocycles. The zero-order valence-corrected chi connectivity index (χ0v) is 23.7. The number of nitrogens with zero attached hydrogens (tertiary/aromatic N) is 6. The molecule has 0 radical (unpaired) electrons. The Kier molecular flexibility index (Phi) is 8.81. The monoisotopic (exact) mass is 616 g/mol. The van der Waals surface area contributed by atoms with E-state index in [4.69, 9.17) is 14.2 Å². The van der Waals surface area contributed by atoms with E-state index < -0.39 is 65.4 Å². The summed E-state index contributed by atoms with van der Waals surface area (Å²) in [6.45, 7) is -0.120. The van der Waals surface area contributed by atoms with E-state index in [9.17, 15) is 24.1 Å². The van der Waals surface area contributed by atoms with Crippen LogP contribution in [0.3, 0.4) is 0 Å². The molecule has 2 aromatic carbocycles. The van der Waals surface area contributed by atoms with Gasteiger partial charge in [-0.2, -0.15) is 0 Å². The minimum atomic E-state index is -1.22. The van der Waals surface area contributed by atoms with Gasteiger partial charge < -0.3 is 29.5 Å². The Labute approximate surface area is 249 Å². The van der Waals surface area contributed by atoms with Crippen molar-refractivity contribution in [1.29, 1.82) is 0 Å². The first-order valence-corrected chi connectivity index (χ1v) is 14.5. The van der Waals surface area contributed by atoms with Crippen molar-refractivity contribution in [3.05, 3.63) is 72.6 Å². The van der Waals surface area contributed by atoms with Crippen LogP contribution in [0.15, 0.2) is 60.9 Å². The van der Waals surface area contributed by atoms with Gasteiger partial charge in [0, 0.05) is 18.2 Å². The summed E-state index contributed by atoms with van der Waals surface area (Å²) in [5.74, 6) is -0.821. The van der Waals surface area contributed by atoms with E-state index >= 15 is 0 Å². The molecule has 2 fully saturated rings. The average molecular weight is 617 g/mol. The number of benzene rings is 2. The van der Waals surface area contributed by atoms with Gasteiger partial charge in [0.2, 0.25) is 0 Å². The van der Waals surface area contributed by atoms with Crippen LogP contribution in [0.25, 0.3) is 22.5 Å². The molecule has 0 bridgehead atoms. The van der Waals surface area contributed by atoms with E-state index in [2.05, 4.69) is 20.6 Å². The maximum absolute atomic E-state index is 13.8. The van der Waals surface area contributed by atoms with Crippen molar-refractivity contribution < 1.29 is 38.3 Å². The van der Waals surface area contributed by atoms with E-state index in [1.807, 2.05) is 0 Å². The number of halogens is 2. The number of aromatic nitrogens is 6. The molecule has 12 nitrogen and oxygen atoms in total. The molecule has 2 aliphatic rings. The van der Waals surface area contributed by atoms with Crippen LogP contribution in [0.2, 0.25) is 0 Å². The highest BCUT2D eigenvalue weighted by Crippen LogP contribution is 2.41. The fourth-order valence-electron chi connectivity index (χ4n) is 5.42. The molecule has 6 rings (SSSR count). The maximum Gasteiger partial charge on any atom is 0.132 e. The van der Waals surface area contributed by atoms with Crippen molar-refractivity contribution in [2.45, 2.75) is 47.2 Å². The van der Waals surface area contributed by atoms with Gasteiger partial charge in [0.05, 0.1) is 43.6 Å². The Morgan fingerprint density at radius 3 is 2.16 bits per heavy atom. The minimum Gasteiger partial charge on any atom is -0.394 e. The number of methoxy groups -OCH3 is 1. The SMILES string of the molecule is COC1C(SC2COCC(n3cc(-c4cccc(F)c4)nn3)C2O)OC(CO)C(O)C1n1cc(-c2cccc(F)c2)nn1. The first-order chi connectivity index (χ1) is 20.9. The summed E-state index contributed by atoms with van der Waals surface area (Å²) in [5.41, 5.74) is 1.13. The first kappa shape index (κ1) is 29.7. The van der Waals surface area contributed by atoms with Crippen LogP contribution < -0.4 is 0 Å². The summed E-state index contributed by atoms with van der Waals surface area (Å²) in [7, 11) is 1.46. The van der Waals surface area contributed by atoms with Crippen LogP contribution in [0, 0.1) is 11.6 Å². The number of hydrogen-bond acceptors (Lipinski definition) is 11. The Bertz CT molecular complexity index is 1540. The molecule has 0 amide bonds. The number of rotatable bonds is 8. The Morgan fingerprint density at radius 2 is 1.56 bits per heavy atom. The van der Waals surface area contributed by atoms with Gasteiger partial charge in [-0.25, -0.2) is 18.1 Å². The topological polar surface area (TPSA) is 150 Å². The number of thioether (sulfide) groups is 1. The molecule has 3 N–H and O–H groups in total. The third kappa shape index (κ3) is 6.06. The normalized spacial score (nSPS) is 29.5. The van der Waals surface area contributed by atoms with Gasteiger partial charge in [-0.05, 0) is 24.3 Å². The minimum absolute atomic E-state index is 0.172. The lowest BCUT2D eigenvalue weighted by Gasteiger charge is -2.45. The van der Waals surface area contributed by atoms with Gasteiger partial charge in [0.15, 0.2) is 0 Å². The quantitative estimate of drug-likeness (QED) is 0.266. The highest BCUT2D eigenvalue weighted by atomic mass is 32.2. The third-order valence-corrected chi connectivity index (χ3v) is 9.07. The van der Waals surface area contributed by atoms with Crippen molar-refractivity contribution >= 4 is 11.8 Å². The maximum atomic E-state index is 13.8. The molecule has 4 heterocycles. The van der Waals surface area contributed by atoms with Crippen molar-refractivity contribution in [3.8, 4) is 22.5 Å². The zero-order valence-electron chi connectivity index (χ0n) is 22.9. The highest BCUT2D eigenvalue weighted by molar-refractivity contribution is 8.00. The standard InChI is InChI=1S/C28H30F2N6O6S/c1-40-27-24(36-11-20(32-34-36)16-5-3-7-18(30)9-16)26(39)22(12-37)42-28(27)43-23-14-41-13-21(25(23)38)35-10-19(31-33-35)15-4-2-6-17(29)8-15/h2-11,21-28,37-39H,12-14H2,1H3. The second kappa shape index (κ2) is 12.7. The zero-order chi connectivity index (χ0) is 30.1. The lowest BCUT2D eigenvalue weighted by atomic mass is 9.97. The molecule has 8 atom stereocenters. The molecular formula is C28H30F2N6O6S. The average Bonchev–Trinajstić information content (AvgIpc) is 3.70. The fourth-order valence-corrected chi connectivity index (χ4v) is 6.92. The van der Waals surface area contributed by atoms with Crippen LogP contribution in [-0.4, -0.2) is 107 Å². The number of aliphatic hydroxyl groups is 3. The predicted molar refractivity (Wildman–Crippen MR) is 150 cm³/mol. The predicted octanol–water partition coefficient (Wildman–Crippen LogP) is 1.85. The van der Waals surface area contributed by atoms with Crippen LogP contribution >= 0.6 is 11.8 Å². The van der Waals surface area contributed by atoms with Gasteiger partial charge in [-0.1, -0.05) is 34.7 Å². The van der Waals surface area contributed by atoms with Crippen LogP contribution in [-0.2, 0) is 14.2 Å². The van der Waals surface area contributed by atoms with E-state index in [1.165, 1.54) is 52.5 Å². The van der Waals surface area contributed by atoms with E-state index in [-0.39, 0.29) is 13.2 Å². The van der Waals surface area contributed by atoms with Gasteiger partial charge in [-0.3, -0.25) is 0 Å². The number of hydrogen-bond donors (Lipinski definition) is 3. The Morgan fingerprint density at radius 1 is 0.930 bits per heavy atom. The largest absolute Gasteiger partial charge is 0.394 e. The van der Waals surface area contributed by atoms with Gasteiger partial charge >= 0.3 is 0 Å². The Balaban J connectivity index is 1.22. The van der Waals surface area contributed by atoms with Crippen molar-refractivity contribution in [2.24, 2.45) is 0 Å². The summed E-state index contributed by atoms with van der Waals surface area (Å²) in [6, 6.07) is 10.5. The van der Waals surface area contributed by atoms with Crippen LogP contribution in [0.5, 0.6) is 0 Å². The molecule has 228 valence electrons. The van der Waals surface area contributed by atoms with Gasteiger partial charge in [-0.15, -0.1) is 22.0 Å². The summed E-state index contributed by atoms with van der Waals surface area (Å²) >= 11 is 1.24. The van der Waals surface area contributed by atoms with Crippen molar-refractivity contribution in [2.75, 3.05) is 26.9 Å². The summed E-state index contributed by atoms with van der Waals surface area (Å²) in [4.78, 5) is 0. The lowest BCUT2D eigenvalue weighted by molar-refractivity contribution is -0.186. The van der Waals surface area contributed by atoms with Crippen LogP contribution in [0.1, 0.15) is 12.1 Å². The molecular weight excluding hydrogens is 586 g/mol. The van der Waals surface area contributed by atoms with E-state index in [0.717, 1.165) is 0 Å². The summed E-state index contributed by atoms with van der Waals surface area (Å²) in [5, 5.41) is 48.7. The van der Waals surface area contributed by atoms with E-state index in [1.54, 1.807) is 36.7 Å². The molecule has 0 spiro atoms. The van der Waals surface area contributed by atoms with Crippen molar-refractivity contribution in [1.82, 2.24) is 30.0 Å². The summed E-state index contributed by atoms with van der Waals surface area (Å²) < 4.78 is 48.2. The van der Waals surface area contributed by atoms with Gasteiger partial charge in [0.25, 0.3) is 0 Å². The molecule has 2 aliphatic heterocycles. The molecule has 15 heteroatoms. The second-order valence-corrected chi connectivity index (χ2v) is 11.7. The summed E-state index contributed by atoms with van der Waals surface area (Å²) in [6.07, 6.45) is -0.744. The van der Waals surface area contributed by atoms with Crippen molar-refractivity contribution in [3.63, 3.8) is 0 Å². The lowest BCUT2D eigenvalue weighted by Crippen LogP contribution is -2.56. The highest BCUT2D eigenvalue weighted by Gasteiger charge is 2.49. The molecule has 2 aromatic heterocycles. The molecule has 0 aliphatic carbocycles. The number of aliphatic hydroxyl groups excluding tert-OH is 3. The first-order valence-electron chi connectivity index (χ1n) is 13.6. The van der Waals surface area contributed by atoms with E-state index in [0.29, 0.717) is 22.5 Å². The molecule has 43 heavy (non-hydrogen) atoms. The second-order valence-electron chi connectivity index (χ2n) is 10.4. The van der Waals surface area contributed by atoms with Gasteiger partial charge in [0.1, 0.15) is 58.9 Å². The Hall–Kier alpha value is -3.31. The number of ether oxygens (including phenoxy) is 3. The fraction of sp³-hybridized carbons (Fsp3) is 0.429. The van der Waals surface area contributed by atoms with Crippen LogP contribution in [0.4, 0.5) is 8.78 Å². The smallest absolute Gasteiger partial charge is 0.132 e. The molecule has 8 unspecified atom stereocenters. The third-order valence-electron chi connectivity index (χ3n) is 7.66.